The SMILES string of the molecule is C#CCOC(=O)NCC(=O)NC(C(=O)NCC(=O)Nc1ccc(CO)c(CN(C)C(=O)OCC2c3ccccc3-c3ccccc32)c1)C(C)C.CCCCNC(=O)OC(C)(C)C. The Bertz CT molecular complexity index is 2010. The first-order valence-electron chi connectivity index (χ1n) is 20.4. The van der Waals surface area contributed by atoms with Gasteiger partial charge < -0.3 is 50.8 Å². The summed E-state index contributed by atoms with van der Waals surface area (Å²) in [5.41, 5.74) is 5.59. The molecule has 1 aliphatic carbocycles. The maximum absolute atomic E-state index is 13.1. The number of alkyl carbamates (subject to hydrolysis) is 2. The van der Waals surface area contributed by atoms with Crippen LogP contribution < -0.4 is 26.6 Å². The lowest BCUT2D eigenvalue weighted by atomic mass is 9.98. The molecule has 3 aromatic carbocycles. The van der Waals surface area contributed by atoms with Crippen molar-refractivity contribution < 1.29 is 48.1 Å². The molecule has 1 atom stereocenters. The first kappa shape index (κ1) is 49.8. The van der Waals surface area contributed by atoms with Crippen molar-refractivity contribution in [3.05, 3.63) is 89.0 Å². The summed E-state index contributed by atoms with van der Waals surface area (Å²) in [6.45, 7) is 10.6. The molecule has 334 valence electrons. The lowest BCUT2D eigenvalue weighted by molar-refractivity contribution is -0.130. The number of nitrogens with zero attached hydrogens (tertiary/aromatic N) is 1. The summed E-state index contributed by atoms with van der Waals surface area (Å²) in [6, 6.07) is 20.0. The molecule has 0 bridgehead atoms. The number of aliphatic hydroxyl groups is 1. The van der Waals surface area contributed by atoms with Gasteiger partial charge in [-0.15, -0.1) is 6.42 Å². The van der Waals surface area contributed by atoms with E-state index in [1.807, 2.05) is 57.2 Å². The van der Waals surface area contributed by atoms with E-state index in [0.717, 1.165) is 35.1 Å². The van der Waals surface area contributed by atoms with E-state index < -0.39 is 54.6 Å². The topological polar surface area (TPSA) is 214 Å². The number of unbranched alkanes of at least 4 members (excludes halogenated alkanes) is 1. The number of carbonyl (C=O) groups excluding carboxylic acids is 6. The fourth-order valence-corrected chi connectivity index (χ4v) is 6.26. The van der Waals surface area contributed by atoms with Gasteiger partial charge in [0.25, 0.3) is 0 Å². The van der Waals surface area contributed by atoms with E-state index in [2.05, 4.69) is 56.3 Å². The minimum absolute atomic E-state index is 0.0915. The second-order valence-electron chi connectivity index (χ2n) is 15.8. The average Bonchev–Trinajstić information content (AvgIpc) is 3.55. The number of terminal acetylenes is 1. The van der Waals surface area contributed by atoms with Gasteiger partial charge in [-0.05, 0) is 78.6 Å². The van der Waals surface area contributed by atoms with Crippen LogP contribution in [0.4, 0.5) is 20.1 Å². The van der Waals surface area contributed by atoms with Crippen LogP contribution in [0.2, 0.25) is 0 Å². The standard InChI is InChI=1S/C37H41N5O8.C9H19NO2/c1-5-16-49-36(47)39-19-33(45)41-34(23(2)3)35(46)38-18-32(44)40-26-15-14-24(21-43)25(17-26)20-42(4)37(48)50-22-31-29-12-8-6-10-27(29)28-11-7-9-13-30(28)31;1-5-6-7-10-8(11)12-9(2,3)4/h1,6-15,17,23,31,34,43H,16,18-22H2,2-4H3,(H,38,46)(H,39,47)(H,40,44)(H,41,45);5-7H2,1-4H3,(H,10,11). The molecule has 0 aromatic heterocycles. The van der Waals surface area contributed by atoms with Gasteiger partial charge in [0.05, 0.1) is 13.2 Å². The maximum Gasteiger partial charge on any atom is 0.409 e. The number of benzene rings is 3. The normalized spacial score (nSPS) is 11.9. The van der Waals surface area contributed by atoms with E-state index >= 15 is 0 Å². The minimum Gasteiger partial charge on any atom is -0.448 e. The summed E-state index contributed by atoms with van der Waals surface area (Å²) in [4.78, 5) is 74.8. The molecular formula is C46H60N6O10. The number of carbonyl (C=O) groups is 6. The Morgan fingerprint density at radius 2 is 1.47 bits per heavy atom. The number of hydrogen-bond acceptors (Lipinski definition) is 10. The van der Waals surface area contributed by atoms with Crippen LogP contribution in [0.5, 0.6) is 0 Å². The van der Waals surface area contributed by atoms with Crippen molar-refractivity contribution in [2.24, 2.45) is 5.92 Å². The highest BCUT2D eigenvalue weighted by Crippen LogP contribution is 2.44. The van der Waals surface area contributed by atoms with E-state index in [4.69, 9.17) is 15.9 Å². The van der Waals surface area contributed by atoms with Crippen molar-refractivity contribution in [1.29, 1.82) is 0 Å². The van der Waals surface area contributed by atoms with Gasteiger partial charge in [0, 0.05) is 31.7 Å². The van der Waals surface area contributed by atoms with Gasteiger partial charge in [-0.25, -0.2) is 14.4 Å². The Hall–Kier alpha value is -6.60. The van der Waals surface area contributed by atoms with Crippen LogP contribution in [-0.4, -0.2) is 97.5 Å². The van der Waals surface area contributed by atoms with Crippen LogP contribution in [0.1, 0.15) is 82.6 Å². The Labute approximate surface area is 363 Å². The molecule has 6 N–H and O–H groups in total. The quantitative estimate of drug-likeness (QED) is 0.0576. The average molecular weight is 857 g/mol. The van der Waals surface area contributed by atoms with E-state index in [1.54, 1.807) is 39.1 Å². The van der Waals surface area contributed by atoms with Gasteiger partial charge in [-0.3, -0.25) is 14.4 Å². The highest BCUT2D eigenvalue weighted by Gasteiger charge is 2.30. The molecule has 0 aliphatic heterocycles. The molecule has 1 aliphatic rings. The van der Waals surface area contributed by atoms with Crippen LogP contribution in [0.3, 0.4) is 0 Å². The van der Waals surface area contributed by atoms with Crippen molar-refractivity contribution in [2.45, 2.75) is 85.1 Å². The maximum atomic E-state index is 13.1. The Kier molecular flexibility index (Phi) is 19.7. The van der Waals surface area contributed by atoms with Crippen molar-refractivity contribution in [3.8, 4) is 23.5 Å². The molecular weight excluding hydrogens is 797 g/mol. The van der Waals surface area contributed by atoms with Crippen molar-refractivity contribution in [1.82, 2.24) is 26.2 Å². The third kappa shape index (κ3) is 16.1. The molecule has 0 saturated heterocycles. The second-order valence-corrected chi connectivity index (χ2v) is 15.8. The molecule has 16 heteroatoms. The third-order valence-corrected chi connectivity index (χ3v) is 9.28. The number of amides is 6. The Morgan fingerprint density at radius 3 is 2.05 bits per heavy atom. The monoisotopic (exact) mass is 856 g/mol. The molecule has 0 radical (unpaired) electrons. The second kappa shape index (κ2) is 24.6. The molecule has 16 nitrogen and oxygen atoms in total. The van der Waals surface area contributed by atoms with Crippen LogP contribution in [-0.2, 0) is 41.7 Å². The number of hydrogen-bond donors (Lipinski definition) is 6. The Morgan fingerprint density at radius 1 is 0.839 bits per heavy atom. The first-order valence-corrected chi connectivity index (χ1v) is 20.4. The molecule has 0 spiro atoms. The predicted octanol–water partition coefficient (Wildman–Crippen LogP) is 5.43. The fraction of sp³-hybridized carbons (Fsp3) is 0.435. The number of ether oxygens (including phenoxy) is 3. The third-order valence-electron chi connectivity index (χ3n) is 9.28. The smallest absolute Gasteiger partial charge is 0.409 e. The molecule has 62 heavy (non-hydrogen) atoms. The number of aliphatic hydroxyl groups excluding tert-OH is 1. The van der Waals surface area contributed by atoms with Crippen molar-refractivity contribution in [2.75, 3.05) is 45.2 Å². The molecule has 0 heterocycles. The largest absolute Gasteiger partial charge is 0.448 e. The lowest BCUT2D eigenvalue weighted by Crippen LogP contribution is -2.52. The zero-order valence-corrected chi connectivity index (χ0v) is 36.6. The van der Waals surface area contributed by atoms with E-state index in [0.29, 0.717) is 23.4 Å². The fourth-order valence-electron chi connectivity index (χ4n) is 6.26. The van der Waals surface area contributed by atoms with Gasteiger partial charge in [0.15, 0.2) is 6.61 Å². The molecule has 4 rings (SSSR count). The van der Waals surface area contributed by atoms with Crippen LogP contribution in [0, 0.1) is 18.3 Å². The molecule has 3 aromatic rings. The van der Waals surface area contributed by atoms with Crippen molar-refractivity contribution in [3.63, 3.8) is 0 Å². The van der Waals surface area contributed by atoms with E-state index in [-0.39, 0.29) is 44.3 Å². The van der Waals surface area contributed by atoms with Gasteiger partial charge >= 0.3 is 18.3 Å². The lowest BCUT2D eigenvalue weighted by Gasteiger charge is -2.22. The van der Waals surface area contributed by atoms with Gasteiger partial charge in [-0.1, -0.05) is 87.7 Å². The Balaban J connectivity index is 0.000000742. The summed E-state index contributed by atoms with van der Waals surface area (Å²) < 4.78 is 15.4. The van der Waals surface area contributed by atoms with E-state index in [1.165, 1.54) is 4.90 Å². The summed E-state index contributed by atoms with van der Waals surface area (Å²) >= 11 is 0. The molecule has 0 saturated carbocycles. The predicted molar refractivity (Wildman–Crippen MR) is 235 cm³/mol. The number of nitrogens with one attached hydrogen (secondary N) is 5. The summed E-state index contributed by atoms with van der Waals surface area (Å²) in [7, 11) is 1.59. The summed E-state index contributed by atoms with van der Waals surface area (Å²) in [5.74, 6) is -0.0824. The molecule has 0 fully saturated rings. The number of anilines is 1. The summed E-state index contributed by atoms with van der Waals surface area (Å²) in [6.07, 6.45) is 5.35. The number of fused-ring (bicyclic) bond motifs is 3. The van der Waals surface area contributed by atoms with Gasteiger partial charge in [-0.2, -0.15) is 0 Å². The zero-order chi connectivity index (χ0) is 45.8. The zero-order valence-electron chi connectivity index (χ0n) is 36.6. The van der Waals surface area contributed by atoms with E-state index in [9.17, 15) is 33.9 Å². The summed E-state index contributed by atoms with van der Waals surface area (Å²) in [5, 5.41) is 22.6. The van der Waals surface area contributed by atoms with Crippen LogP contribution in [0.25, 0.3) is 11.1 Å². The molecule has 1 unspecified atom stereocenters. The minimum atomic E-state index is -0.984. The van der Waals surface area contributed by atoms with Crippen LogP contribution >= 0.6 is 0 Å². The van der Waals surface area contributed by atoms with Crippen molar-refractivity contribution >= 4 is 41.7 Å². The van der Waals surface area contributed by atoms with Crippen LogP contribution in [0.15, 0.2) is 66.7 Å². The molecule has 6 amide bonds. The highest BCUT2D eigenvalue weighted by molar-refractivity contribution is 5.96. The highest BCUT2D eigenvalue weighted by atomic mass is 16.6. The van der Waals surface area contributed by atoms with Gasteiger partial charge in [0.1, 0.15) is 24.8 Å². The number of rotatable bonds is 17. The first-order chi connectivity index (χ1) is 29.5. The van der Waals surface area contributed by atoms with Gasteiger partial charge in [0.2, 0.25) is 17.7 Å².